The molecule has 0 aromatic carbocycles. The van der Waals surface area contributed by atoms with E-state index >= 15 is 0 Å². The monoisotopic (exact) mass is 312 g/mol. The third-order valence-electron chi connectivity index (χ3n) is 2.77. The van der Waals surface area contributed by atoms with Gasteiger partial charge in [-0.2, -0.15) is 0 Å². The van der Waals surface area contributed by atoms with Crippen molar-refractivity contribution in [3.8, 4) is 0 Å². The van der Waals surface area contributed by atoms with Crippen LogP contribution in [0.2, 0.25) is 5.02 Å². The van der Waals surface area contributed by atoms with Crippen molar-refractivity contribution in [2.45, 2.75) is 26.8 Å². The number of anilines is 1. The van der Waals surface area contributed by atoms with Crippen LogP contribution in [0.1, 0.15) is 31.1 Å². The highest BCUT2D eigenvalue weighted by Crippen LogP contribution is 2.19. The fraction of sp³-hybridized carbons (Fsp3) is 0.500. The summed E-state index contributed by atoms with van der Waals surface area (Å²) in [6.45, 7) is 6.20. The van der Waals surface area contributed by atoms with E-state index in [9.17, 15) is 9.59 Å². The van der Waals surface area contributed by atoms with E-state index in [-0.39, 0.29) is 11.8 Å². The zero-order chi connectivity index (χ0) is 16.0. The topological polar surface area (TPSA) is 83.1 Å². The first-order valence-electron chi connectivity index (χ1n) is 6.77. The number of hydrogen-bond donors (Lipinski definition) is 3. The van der Waals surface area contributed by atoms with Crippen molar-refractivity contribution < 1.29 is 9.59 Å². The highest BCUT2D eigenvalue weighted by molar-refractivity contribution is 6.33. The van der Waals surface area contributed by atoms with Crippen LogP contribution in [0.4, 0.5) is 5.82 Å². The summed E-state index contributed by atoms with van der Waals surface area (Å²) in [7, 11) is 1.69. The molecule has 2 amide bonds. The maximum absolute atomic E-state index is 12.0. The summed E-state index contributed by atoms with van der Waals surface area (Å²) in [4.78, 5) is 27.9. The van der Waals surface area contributed by atoms with Crippen LogP contribution in [-0.4, -0.2) is 36.4 Å². The molecule has 21 heavy (non-hydrogen) atoms. The predicted molar refractivity (Wildman–Crippen MR) is 83.6 cm³/mol. The average molecular weight is 313 g/mol. The zero-order valence-corrected chi connectivity index (χ0v) is 13.4. The fourth-order valence-electron chi connectivity index (χ4n) is 1.55. The van der Waals surface area contributed by atoms with Gasteiger partial charge >= 0.3 is 0 Å². The molecule has 1 heterocycles. The lowest BCUT2D eigenvalue weighted by Crippen LogP contribution is -2.45. The van der Waals surface area contributed by atoms with Crippen LogP contribution < -0.4 is 16.0 Å². The molecule has 116 valence electrons. The summed E-state index contributed by atoms with van der Waals surface area (Å²) in [5.41, 5.74) is 0.308. The van der Waals surface area contributed by atoms with Crippen LogP contribution in [0.5, 0.6) is 0 Å². The molecule has 0 saturated carbocycles. The van der Waals surface area contributed by atoms with E-state index in [0.717, 1.165) is 0 Å². The van der Waals surface area contributed by atoms with Crippen LogP contribution in [0.3, 0.4) is 0 Å². The Labute approximate surface area is 129 Å². The molecule has 7 heteroatoms. The first kappa shape index (κ1) is 17.2. The number of pyridine rings is 1. The van der Waals surface area contributed by atoms with Gasteiger partial charge in [0.2, 0.25) is 5.91 Å². The van der Waals surface area contributed by atoms with Crippen molar-refractivity contribution >= 4 is 29.2 Å². The zero-order valence-electron chi connectivity index (χ0n) is 12.7. The van der Waals surface area contributed by atoms with Crippen molar-refractivity contribution in [3.05, 3.63) is 22.8 Å². The molecule has 0 spiro atoms. The molecule has 0 saturated heterocycles. The number of amides is 2. The highest BCUT2D eigenvalue weighted by Gasteiger charge is 2.17. The third kappa shape index (κ3) is 5.23. The molecule has 0 fully saturated rings. The van der Waals surface area contributed by atoms with Crippen molar-refractivity contribution in [2.75, 3.05) is 18.9 Å². The smallest absolute Gasteiger partial charge is 0.253 e. The Morgan fingerprint density at radius 1 is 1.33 bits per heavy atom. The molecule has 0 aliphatic rings. The molecule has 1 unspecified atom stereocenters. The molecule has 0 bridgehead atoms. The summed E-state index contributed by atoms with van der Waals surface area (Å²) in [5.74, 6) is 0.243. The highest BCUT2D eigenvalue weighted by atomic mass is 35.5. The van der Waals surface area contributed by atoms with E-state index in [2.05, 4.69) is 20.9 Å². The third-order valence-corrected chi connectivity index (χ3v) is 3.05. The van der Waals surface area contributed by atoms with Crippen molar-refractivity contribution in [2.24, 2.45) is 5.92 Å². The number of aromatic nitrogens is 1. The number of hydrogen-bond acceptors (Lipinski definition) is 4. The normalized spacial score (nSPS) is 11.9. The lowest BCUT2D eigenvalue weighted by atomic mass is 10.2. The maximum atomic E-state index is 12.0. The quantitative estimate of drug-likeness (QED) is 0.746. The van der Waals surface area contributed by atoms with Gasteiger partial charge < -0.3 is 16.0 Å². The fourth-order valence-corrected chi connectivity index (χ4v) is 1.81. The molecule has 1 aromatic heterocycles. The van der Waals surface area contributed by atoms with Gasteiger partial charge in [-0.3, -0.25) is 9.59 Å². The molecular weight excluding hydrogens is 292 g/mol. The Balaban J connectivity index is 2.64. The van der Waals surface area contributed by atoms with Gasteiger partial charge in [-0.25, -0.2) is 4.98 Å². The van der Waals surface area contributed by atoms with Crippen LogP contribution in [0.25, 0.3) is 0 Å². The Hall–Kier alpha value is -1.82. The number of carbonyl (C=O) groups is 2. The van der Waals surface area contributed by atoms with Crippen LogP contribution >= 0.6 is 11.6 Å². The first-order valence-corrected chi connectivity index (χ1v) is 7.14. The van der Waals surface area contributed by atoms with E-state index in [1.54, 1.807) is 14.0 Å². The molecule has 1 aromatic rings. The molecule has 1 rings (SSSR count). The van der Waals surface area contributed by atoms with Gasteiger partial charge in [-0.05, 0) is 18.9 Å². The molecule has 0 radical (unpaired) electrons. The maximum Gasteiger partial charge on any atom is 0.253 e. The van der Waals surface area contributed by atoms with Gasteiger partial charge in [0.25, 0.3) is 5.91 Å². The summed E-state index contributed by atoms with van der Waals surface area (Å²) >= 11 is 5.97. The van der Waals surface area contributed by atoms with Gasteiger partial charge in [0, 0.05) is 19.8 Å². The van der Waals surface area contributed by atoms with Crippen LogP contribution in [-0.2, 0) is 4.79 Å². The van der Waals surface area contributed by atoms with E-state index in [0.29, 0.717) is 28.9 Å². The van der Waals surface area contributed by atoms with Gasteiger partial charge in [0.15, 0.2) is 0 Å². The Morgan fingerprint density at radius 2 is 2.00 bits per heavy atom. The number of halogens is 1. The Bertz CT molecular complexity index is 520. The summed E-state index contributed by atoms with van der Waals surface area (Å²) < 4.78 is 0. The first-order chi connectivity index (χ1) is 9.85. The molecule has 0 aliphatic heterocycles. The largest absolute Gasteiger partial charge is 0.372 e. The van der Waals surface area contributed by atoms with Crippen molar-refractivity contribution in [1.29, 1.82) is 0 Å². The van der Waals surface area contributed by atoms with E-state index in [1.165, 1.54) is 12.3 Å². The number of carbonyl (C=O) groups excluding carboxylic acids is 2. The molecule has 1 atom stereocenters. The summed E-state index contributed by atoms with van der Waals surface area (Å²) in [6.07, 6.45) is 1.41. The summed E-state index contributed by atoms with van der Waals surface area (Å²) in [6, 6.07) is 0.882. The lowest BCUT2D eigenvalue weighted by molar-refractivity contribution is -0.122. The number of rotatable bonds is 6. The Kier molecular flexibility index (Phi) is 6.42. The second kappa shape index (κ2) is 7.83. The lowest BCUT2D eigenvalue weighted by Gasteiger charge is -2.15. The molecule has 3 N–H and O–H groups in total. The summed E-state index contributed by atoms with van der Waals surface area (Å²) in [5, 5.41) is 8.54. The van der Waals surface area contributed by atoms with Gasteiger partial charge in [0.05, 0.1) is 10.6 Å². The van der Waals surface area contributed by atoms with Crippen LogP contribution in [0.15, 0.2) is 12.3 Å². The second-order valence-electron chi connectivity index (χ2n) is 5.14. The molecule has 0 aliphatic carbocycles. The van der Waals surface area contributed by atoms with E-state index < -0.39 is 6.04 Å². The van der Waals surface area contributed by atoms with Gasteiger partial charge in [-0.15, -0.1) is 0 Å². The second-order valence-corrected chi connectivity index (χ2v) is 5.55. The van der Waals surface area contributed by atoms with Crippen molar-refractivity contribution in [3.63, 3.8) is 0 Å². The SMILES string of the molecule is CNc1ncc(C(=O)NC(C)C(=O)NCC(C)C)cc1Cl. The van der Waals surface area contributed by atoms with Gasteiger partial charge in [0.1, 0.15) is 11.9 Å². The number of nitrogens with one attached hydrogen (secondary N) is 3. The molecule has 6 nitrogen and oxygen atoms in total. The minimum absolute atomic E-state index is 0.219. The van der Waals surface area contributed by atoms with E-state index in [4.69, 9.17) is 11.6 Å². The van der Waals surface area contributed by atoms with E-state index in [1.807, 2.05) is 13.8 Å². The van der Waals surface area contributed by atoms with Gasteiger partial charge in [-0.1, -0.05) is 25.4 Å². The van der Waals surface area contributed by atoms with Crippen molar-refractivity contribution in [1.82, 2.24) is 15.6 Å². The predicted octanol–water partition coefficient (Wildman–Crippen LogP) is 1.67. The minimum Gasteiger partial charge on any atom is -0.372 e. The Morgan fingerprint density at radius 3 is 2.52 bits per heavy atom. The minimum atomic E-state index is -0.626. The average Bonchev–Trinajstić information content (AvgIpc) is 2.44. The standard InChI is InChI=1S/C14H21ClN4O2/c1-8(2)6-18-13(20)9(3)19-14(21)10-5-11(15)12(16-4)17-7-10/h5,7-9H,6H2,1-4H3,(H,16,17)(H,18,20)(H,19,21). The number of nitrogens with zero attached hydrogens (tertiary/aromatic N) is 1. The molecular formula is C14H21ClN4O2. The van der Waals surface area contributed by atoms with Crippen LogP contribution in [0, 0.1) is 5.92 Å².